The topological polar surface area (TPSA) is 89.3 Å². The molecule has 6 heteroatoms. The third-order valence-electron chi connectivity index (χ3n) is 3.14. The van der Waals surface area contributed by atoms with Gasteiger partial charge in [-0.15, -0.1) is 0 Å². The van der Waals surface area contributed by atoms with Crippen LogP contribution in [-0.2, 0) is 20.4 Å². The molecule has 5 nitrogen and oxygen atoms in total. The summed E-state index contributed by atoms with van der Waals surface area (Å²) in [6, 6.07) is 14.4. The molecule has 0 aliphatic carbocycles. The van der Waals surface area contributed by atoms with Crippen LogP contribution in [0.1, 0.15) is 12.5 Å². The van der Waals surface area contributed by atoms with Crippen LogP contribution in [0.15, 0.2) is 59.5 Å². The van der Waals surface area contributed by atoms with Gasteiger partial charge in [0.25, 0.3) is 0 Å². The summed E-state index contributed by atoms with van der Waals surface area (Å²) in [5, 5.41) is 2.66. The largest absolute Gasteiger partial charge is 0.324 e. The van der Waals surface area contributed by atoms with E-state index in [1.807, 2.05) is 0 Å². The third kappa shape index (κ3) is 3.93. The van der Waals surface area contributed by atoms with Crippen molar-refractivity contribution in [2.45, 2.75) is 23.6 Å². The van der Waals surface area contributed by atoms with Crippen molar-refractivity contribution < 1.29 is 13.2 Å². The molecule has 0 radical (unpaired) electrons. The minimum atomic E-state index is -3.47. The monoisotopic (exact) mass is 318 g/mol. The first-order valence-electron chi connectivity index (χ1n) is 6.82. The molecule has 0 bridgehead atoms. The van der Waals surface area contributed by atoms with E-state index in [1.54, 1.807) is 61.5 Å². The highest BCUT2D eigenvalue weighted by atomic mass is 32.2. The number of hydrogen-bond acceptors (Lipinski definition) is 4. The van der Waals surface area contributed by atoms with Gasteiger partial charge in [0.1, 0.15) is 0 Å². The van der Waals surface area contributed by atoms with Crippen LogP contribution in [0, 0.1) is 0 Å². The van der Waals surface area contributed by atoms with E-state index in [9.17, 15) is 13.2 Å². The Morgan fingerprint density at radius 1 is 1.09 bits per heavy atom. The number of nitrogens with two attached hydrogens (primary N) is 1. The van der Waals surface area contributed by atoms with Crippen LogP contribution < -0.4 is 11.1 Å². The van der Waals surface area contributed by atoms with Gasteiger partial charge < -0.3 is 11.1 Å². The van der Waals surface area contributed by atoms with Crippen molar-refractivity contribution in [1.82, 2.24) is 0 Å². The van der Waals surface area contributed by atoms with Crippen LogP contribution in [0.5, 0.6) is 0 Å². The Balaban J connectivity index is 2.29. The molecular formula is C16H18N2O3S. The van der Waals surface area contributed by atoms with Gasteiger partial charge in [0.15, 0.2) is 9.84 Å². The summed E-state index contributed by atoms with van der Waals surface area (Å²) in [5.41, 5.74) is 6.51. The van der Waals surface area contributed by atoms with E-state index in [0.29, 0.717) is 11.3 Å². The number of anilines is 1. The molecule has 2 aromatic carbocycles. The van der Waals surface area contributed by atoms with E-state index in [-0.39, 0.29) is 16.6 Å². The molecule has 2 aromatic rings. The molecule has 2 rings (SSSR count). The maximum absolute atomic E-state index is 12.4. The van der Waals surface area contributed by atoms with Gasteiger partial charge in [0, 0.05) is 5.69 Å². The molecule has 0 aliphatic heterocycles. The van der Waals surface area contributed by atoms with Gasteiger partial charge in [-0.25, -0.2) is 8.42 Å². The second kappa shape index (κ2) is 6.72. The van der Waals surface area contributed by atoms with Crippen molar-refractivity contribution in [3.63, 3.8) is 0 Å². The molecule has 0 fully saturated rings. The first-order valence-corrected chi connectivity index (χ1v) is 8.47. The van der Waals surface area contributed by atoms with Gasteiger partial charge >= 0.3 is 0 Å². The van der Waals surface area contributed by atoms with Gasteiger partial charge in [-0.1, -0.05) is 36.4 Å². The maximum atomic E-state index is 12.4. The van der Waals surface area contributed by atoms with Gasteiger partial charge in [-0.2, -0.15) is 0 Å². The van der Waals surface area contributed by atoms with E-state index < -0.39 is 15.9 Å². The molecule has 1 atom stereocenters. The zero-order valence-corrected chi connectivity index (χ0v) is 13.0. The fourth-order valence-electron chi connectivity index (χ4n) is 1.93. The van der Waals surface area contributed by atoms with E-state index in [1.165, 1.54) is 0 Å². The zero-order chi connectivity index (χ0) is 16.2. The van der Waals surface area contributed by atoms with Gasteiger partial charge in [-0.05, 0) is 30.7 Å². The normalized spacial score (nSPS) is 12.6. The number of nitrogens with one attached hydrogen (secondary N) is 1. The molecular weight excluding hydrogens is 300 g/mol. The quantitative estimate of drug-likeness (QED) is 0.881. The van der Waals surface area contributed by atoms with Crippen LogP contribution >= 0.6 is 0 Å². The van der Waals surface area contributed by atoms with Gasteiger partial charge in [0.05, 0.1) is 16.7 Å². The lowest BCUT2D eigenvalue weighted by Crippen LogP contribution is -2.32. The maximum Gasteiger partial charge on any atom is 0.241 e. The molecule has 0 spiro atoms. The second-order valence-electron chi connectivity index (χ2n) is 5.01. The summed E-state index contributed by atoms with van der Waals surface area (Å²) >= 11 is 0. The first-order chi connectivity index (χ1) is 10.4. The van der Waals surface area contributed by atoms with Crippen molar-refractivity contribution in [2.24, 2.45) is 5.73 Å². The summed E-state index contributed by atoms with van der Waals surface area (Å²) in [4.78, 5) is 12.0. The van der Waals surface area contributed by atoms with Crippen LogP contribution in [0.4, 0.5) is 5.69 Å². The minimum absolute atomic E-state index is 0.188. The van der Waals surface area contributed by atoms with Crippen LogP contribution in [0.2, 0.25) is 0 Å². The molecule has 0 aromatic heterocycles. The Labute approximate surface area is 130 Å². The fourth-order valence-corrected chi connectivity index (χ4v) is 3.33. The van der Waals surface area contributed by atoms with Crippen molar-refractivity contribution in [3.05, 3.63) is 60.2 Å². The van der Waals surface area contributed by atoms with Gasteiger partial charge in [-0.3, -0.25) is 4.79 Å². The molecule has 0 aliphatic rings. The van der Waals surface area contributed by atoms with Crippen LogP contribution in [0.3, 0.4) is 0 Å². The highest BCUT2D eigenvalue weighted by Crippen LogP contribution is 2.22. The van der Waals surface area contributed by atoms with E-state index >= 15 is 0 Å². The van der Waals surface area contributed by atoms with E-state index in [2.05, 4.69) is 5.32 Å². The molecule has 3 N–H and O–H groups in total. The summed E-state index contributed by atoms with van der Waals surface area (Å²) in [6.07, 6.45) is 0. The molecule has 116 valence electrons. The SMILES string of the molecule is C[C@H](N)C(=O)Nc1ccccc1CS(=O)(=O)c1ccccc1. The number of sulfone groups is 1. The number of para-hydroxylation sites is 1. The molecule has 0 heterocycles. The Kier molecular flexibility index (Phi) is 4.95. The Morgan fingerprint density at radius 3 is 2.32 bits per heavy atom. The molecule has 0 saturated carbocycles. The molecule has 1 amide bonds. The summed E-state index contributed by atoms with van der Waals surface area (Å²) in [6.45, 7) is 1.57. The first kappa shape index (κ1) is 16.2. The van der Waals surface area contributed by atoms with Crippen molar-refractivity contribution in [2.75, 3.05) is 5.32 Å². The average Bonchev–Trinajstić information content (AvgIpc) is 2.49. The second-order valence-corrected chi connectivity index (χ2v) is 7.00. The zero-order valence-electron chi connectivity index (χ0n) is 12.2. The summed E-state index contributed by atoms with van der Waals surface area (Å²) in [5.74, 6) is -0.545. The number of hydrogen-bond donors (Lipinski definition) is 2. The van der Waals surface area contributed by atoms with Crippen LogP contribution in [0.25, 0.3) is 0 Å². The van der Waals surface area contributed by atoms with Crippen LogP contribution in [-0.4, -0.2) is 20.4 Å². The predicted octanol–water partition coefficient (Wildman–Crippen LogP) is 1.95. The smallest absolute Gasteiger partial charge is 0.241 e. The van der Waals surface area contributed by atoms with E-state index in [4.69, 9.17) is 5.73 Å². The van der Waals surface area contributed by atoms with Gasteiger partial charge in [0.2, 0.25) is 5.91 Å². The van der Waals surface area contributed by atoms with E-state index in [0.717, 1.165) is 0 Å². The predicted molar refractivity (Wildman–Crippen MR) is 86.1 cm³/mol. The summed E-state index contributed by atoms with van der Waals surface area (Å²) in [7, 11) is -3.47. The van der Waals surface area contributed by atoms with Crippen molar-refractivity contribution in [1.29, 1.82) is 0 Å². The number of carbonyl (C=O) groups is 1. The molecule has 22 heavy (non-hydrogen) atoms. The lowest BCUT2D eigenvalue weighted by Gasteiger charge is -2.13. The number of carbonyl (C=O) groups excluding carboxylic acids is 1. The van der Waals surface area contributed by atoms with Crippen molar-refractivity contribution >= 4 is 21.4 Å². The fraction of sp³-hybridized carbons (Fsp3) is 0.188. The Morgan fingerprint density at radius 2 is 1.68 bits per heavy atom. The average molecular weight is 318 g/mol. The number of amides is 1. The summed E-state index contributed by atoms with van der Waals surface area (Å²) < 4.78 is 24.9. The number of rotatable bonds is 5. The Bertz CT molecular complexity index is 756. The Hall–Kier alpha value is -2.18. The lowest BCUT2D eigenvalue weighted by molar-refractivity contribution is -0.117. The highest BCUT2D eigenvalue weighted by molar-refractivity contribution is 7.90. The lowest BCUT2D eigenvalue weighted by atomic mass is 10.2. The number of benzene rings is 2. The standard InChI is InChI=1S/C16H18N2O3S/c1-12(17)16(19)18-15-10-6-5-7-13(15)11-22(20,21)14-8-3-2-4-9-14/h2-10,12H,11,17H2,1H3,(H,18,19)/t12-/m0/s1. The van der Waals surface area contributed by atoms with Crippen molar-refractivity contribution in [3.8, 4) is 0 Å². The molecule has 0 saturated heterocycles. The minimum Gasteiger partial charge on any atom is -0.324 e. The third-order valence-corrected chi connectivity index (χ3v) is 4.82. The highest BCUT2D eigenvalue weighted by Gasteiger charge is 2.18. The molecule has 0 unspecified atom stereocenters.